The summed E-state index contributed by atoms with van der Waals surface area (Å²) in [5.41, 5.74) is 8.00. The van der Waals surface area contributed by atoms with Crippen LogP contribution in [0.3, 0.4) is 0 Å². The first kappa shape index (κ1) is 21.1. The molecule has 176 valence electrons. The average Bonchev–Trinajstić information content (AvgIpc) is 3.22. The van der Waals surface area contributed by atoms with Gasteiger partial charge in [-0.25, -0.2) is 19.0 Å². The first-order chi connectivity index (χ1) is 17.0. The number of halogens is 1. The van der Waals surface area contributed by atoms with Gasteiger partial charge in [0.15, 0.2) is 11.2 Å². The minimum atomic E-state index is -0.526. The average molecular weight is 472 g/mol. The van der Waals surface area contributed by atoms with Crippen molar-refractivity contribution in [2.45, 2.75) is 31.3 Å². The number of amides is 1. The van der Waals surface area contributed by atoms with Gasteiger partial charge >= 0.3 is 0 Å². The second-order valence-corrected chi connectivity index (χ2v) is 8.67. The molecule has 1 atom stereocenters. The van der Waals surface area contributed by atoms with E-state index in [0.717, 1.165) is 12.8 Å². The zero-order valence-corrected chi connectivity index (χ0v) is 18.7. The molecule has 1 saturated carbocycles. The molecule has 6 rings (SSSR count). The van der Waals surface area contributed by atoms with Crippen LogP contribution >= 0.6 is 0 Å². The van der Waals surface area contributed by atoms with Crippen molar-refractivity contribution in [2.75, 3.05) is 24.1 Å². The predicted octanol–water partition coefficient (Wildman–Crippen LogP) is 2.62. The summed E-state index contributed by atoms with van der Waals surface area (Å²) in [6.07, 6.45) is 5.50. The predicted molar refractivity (Wildman–Crippen MR) is 127 cm³/mol. The molecule has 1 saturated heterocycles. The van der Waals surface area contributed by atoms with Crippen LogP contribution in [-0.4, -0.2) is 54.7 Å². The van der Waals surface area contributed by atoms with E-state index >= 15 is 0 Å². The molecule has 2 fully saturated rings. The van der Waals surface area contributed by atoms with Gasteiger partial charge in [-0.1, -0.05) is 12.5 Å². The third kappa shape index (κ3) is 3.82. The lowest BCUT2D eigenvalue weighted by molar-refractivity contribution is -0.125. The molecule has 1 amide bonds. The lowest BCUT2D eigenvalue weighted by Gasteiger charge is -2.14. The molecule has 4 aromatic rings. The molecule has 0 spiro atoms. The maximum Gasteiger partial charge on any atom is 0.295 e. The smallest absolute Gasteiger partial charge is 0.295 e. The van der Waals surface area contributed by atoms with Crippen LogP contribution in [0.5, 0.6) is 0 Å². The van der Waals surface area contributed by atoms with Crippen LogP contribution < -0.4 is 11.1 Å². The summed E-state index contributed by atoms with van der Waals surface area (Å²) < 4.78 is 22.1. The van der Waals surface area contributed by atoms with Gasteiger partial charge in [-0.2, -0.15) is 10.1 Å². The molecule has 1 aliphatic carbocycles. The number of rotatable bonds is 4. The van der Waals surface area contributed by atoms with Crippen molar-refractivity contribution in [3.8, 4) is 11.8 Å². The molecule has 1 aliphatic heterocycles. The van der Waals surface area contributed by atoms with Gasteiger partial charge in [0, 0.05) is 25.2 Å². The summed E-state index contributed by atoms with van der Waals surface area (Å²) >= 11 is 0. The standard InChI is InChI=1S/C24H21FN8O2/c1-2-20(34)32-8-7-15(11-32)33-23-21(22(26)27-12-28-23)17(31-33)6-3-13-9-18-19(10-16(13)25)35-24(30-18)29-14-4-5-14/h2,9-10,12,14-15H,1,4-5,7-8,11H2,(H,29,30)(H2,26,27,28). The Morgan fingerprint density at radius 2 is 2.14 bits per heavy atom. The molecule has 35 heavy (non-hydrogen) atoms. The van der Waals surface area contributed by atoms with Crippen LogP contribution in [0, 0.1) is 17.7 Å². The number of hydrogen-bond donors (Lipinski definition) is 2. The minimum Gasteiger partial charge on any atom is -0.423 e. The highest BCUT2D eigenvalue weighted by Crippen LogP contribution is 2.30. The number of oxazole rings is 1. The third-order valence-corrected chi connectivity index (χ3v) is 6.21. The SMILES string of the molecule is C=CC(=O)N1CCC(n2nc(C#Cc3cc4nc(NC5CC5)oc4cc3F)c3c(N)ncnc32)C1. The normalized spacial score (nSPS) is 17.5. The molecule has 2 aliphatic rings. The molecule has 0 bridgehead atoms. The number of fused-ring (bicyclic) bond motifs is 2. The quantitative estimate of drug-likeness (QED) is 0.343. The summed E-state index contributed by atoms with van der Waals surface area (Å²) in [5.74, 6) is 5.36. The van der Waals surface area contributed by atoms with Gasteiger partial charge in [0.25, 0.3) is 6.01 Å². The van der Waals surface area contributed by atoms with E-state index in [1.54, 1.807) is 15.6 Å². The highest BCUT2D eigenvalue weighted by Gasteiger charge is 2.29. The topological polar surface area (TPSA) is 128 Å². The zero-order chi connectivity index (χ0) is 24.1. The number of benzene rings is 1. The summed E-state index contributed by atoms with van der Waals surface area (Å²) in [4.78, 5) is 26.5. The third-order valence-electron chi connectivity index (χ3n) is 6.21. The maximum atomic E-state index is 14.8. The van der Waals surface area contributed by atoms with Crippen molar-refractivity contribution in [3.63, 3.8) is 0 Å². The van der Waals surface area contributed by atoms with Crippen molar-refractivity contribution in [3.05, 3.63) is 48.2 Å². The first-order valence-corrected chi connectivity index (χ1v) is 11.3. The summed E-state index contributed by atoms with van der Waals surface area (Å²) in [6.45, 7) is 4.60. The minimum absolute atomic E-state index is 0.105. The van der Waals surface area contributed by atoms with Crippen LogP contribution in [0.25, 0.3) is 22.1 Å². The Morgan fingerprint density at radius 3 is 2.94 bits per heavy atom. The highest BCUT2D eigenvalue weighted by molar-refractivity contribution is 5.91. The van der Waals surface area contributed by atoms with E-state index in [0.29, 0.717) is 59.4 Å². The van der Waals surface area contributed by atoms with Crippen molar-refractivity contribution in [1.82, 2.24) is 29.6 Å². The number of carbonyl (C=O) groups is 1. The van der Waals surface area contributed by atoms with E-state index in [2.05, 4.69) is 43.8 Å². The number of nitrogens with zero attached hydrogens (tertiary/aromatic N) is 6. The number of nitrogen functional groups attached to an aromatic ring is 1. The van der Waals surface area contributed by atoms with Crippen molar-refractivity contribution in [1.29, 1.82) is 0 Å². The van der Waals surface area contributed by atoms with E-state index in [1.165, 1.54) is 18.5 Å². The molecule has 10 nitrogen and oxygen atoms in total. The summed E-state index contributed by atoms with van der Waals surface area (Å²) in [6, 6.07) is 3.47. The lowest BCUT2D eigenvalue weighted by atomic mass is 10.2. The van der Waals surface area contributed by atoms with Crippen LogP contribution in [0.2, 0.25) is 0 Å². The van der Waals surface area contributed by atoms with Crippen LogP contribution in [0.1, 0.15) is 36.6 Å². The van der Waals surface area contributed by atoms with E-state index in [4.69, 9.17) is 10.2 Å². The molecule has 0 radical (unpaired) electrons. The number of aromatic nitrogens is 5. The molecule has 11 heteroatoms. The van der Waals surface area contributed by atoms with Crippen LogP contribution in [0.15, 0.2) is 35.5 Å². The molecular weight excluding hydrogens is 451 g/mol. The second kappa shape index (κ2) is 8.09. The van der Waals surface area contributed by atoms with Gasteiger partial charge < -0.3 is 20.4 Å². The van der Waals surface area contributed by atoms with Crippen molar-refractivity contribution < 1.29 is 13.6 Å². The fraction of sp³-hybridized carbons (Fsp3) is 0.292. The first-order valence-electron chi connectivity index (χ1n) is 11.3. The van der Waals surface area contributed by atoms with Crippen LogP contribution in [0.4, 0.5) is 16.2 Å². The van der Waals surface area contributed by atoms with Gasteiger partial charge in [0.2, 0.25) is 5.91 Å². The van der Waals surface area contributed by atoms with Crippen molar-refractivity contribution in [2.24, 2.45) is 0 Å². The zero-order valence-electron chi connectivity index (χ0n) is 18.7. The van der Waals surface area contributed by atoms with Gasteiger partial charge in [-0.15, -0.1) is 0 Å². The molecule has 1 aromatic carbocycles. The van der Waals surface area contributed by atoms with Crippen molar-refractivity contribution >= 4 is 39.9 Å². The Kier molecular flexibility index (Phi) is 4.88. The lowest BCUT2D eigenvalue weighted by Crippen LogP contribution is -2.27. The Hall–Kier alpha value is -4.46. The summed E-state index contributed by atoms with van der Waals surface area (Å²) in [5, 5.41) is 8.29. The number of nitrogens with two attached hydrogens (primary N) is 1. The van der Waals surface area contributed by atoms with E-state index in [-0.39, 0.29) is 23.3 Å². The summed E-state index contributed by atoms with van der Waals surface area (Å²) in [7, 11) is 0. The molecule has 4 heterocycles. The second-order valence-electron chi connectivity index (χ2n) is 8.67. The van der Waals surface area contributed by atoms with Gasteiger partial charge in [-0.3, -0.25) is 4.79 Å². The largest absolute Gasteiger partial charge is 0.423 e. The number of hydrogen-bond acceptors (Lipinski definition) is 8. The maximum absolute atomic E-state index is 14.8. The van der Waals surface area contributed by atoms with E-state index < -0.39 is 5.82 Å². The van der Waals surface area contributed by atoms with Gasteiger partial charge in [0.05, 0.1) is 17.0 Å². The molecular formula is C24H21FN8O2. The van der Waals surface area contributed by atoms with E-state index in [9.17, 15) is 9.18 Å². The number of nitrogens with one attached hydrogen (secondary N) is 1. The number of carbonyl (C=O) groups excluding carboxylic acids is 1. The monoisotopic (exact) mass is 472 g/mol. The molecule has 3 N–H and O–H groups in total. The van der Waals surface area contributed by atoms with Gasteiger partial charge in [-0.05, 0) is 37.3 Å². The highest BCUT2D eigenvalue weighted by atomic mass is 19.1. The Balaban J connectivity index is 1.36. The van der Waals surface area contributed by atoms with Gasteiger partial charge in [0.1, 0.15) is 29.2 Å². The molecule has 1 unspecified atom stereocenters. The number of anilines is 2. The Bertz CT molecular complexity index is 1560. The Morgan fingerprint density at radius 1 is 1.29 bits per heavy atom. The fourth-order valence-electron chi connectivity index (χ4n) is 4.24. The number of likely N-dealkylation sites (tertiary alicyclic amines) is 1. The van der Waals surface area contributed by atoms with E-state index in [1.807, 2.05) is 0 Å². The fourth-order valence-corrected chi connectivity index (χ4v) is 4.24. The van der Waals surface area contributed by atoms with Crippen LogP contribution in [-0.2, 0) is 4.79 Å². The molecule has 3 aromatic heterocycles. The Labute approximate surface area is 199 Å².